The van der Waals surface area contributed by atoms with Crippen LogP contribution in [-0.4, -0.2) is 16.1 Å². The summed E-state index contributed by atoms with van der Waals surface area (Å²) in [5.41, 5.74) is 9.02. The van der Waals surface area contributed by atoms with Crippen LogP contribution in [0.3, 0.4) is 0 Å². The van der Waals surface area contributed by atoms with Gasteiger partial charge in [0.15, 0.2) is 5.17 Å². The molecule has 1 fully saturated rings. The number of benzene rings is 2. The molecule has 0 spiro atoms. The molecule has 0 aliphatic carbocycles. The summed E-state index contributed by atoms with van der Waals surface area (Å²) < 4.78 is 0. The number of aromatic nitrogens is 1. The van der Waals surface area contributed by atoms with E-state index in [1.807, 2.05) is 48.5 Å². The van der Waals surface area contributed by atoms with E-state index in [0.717, 1.165) is 22.0 Å². The van der Waals surface area contributed by atoms with E-state index < -0.39 is 0 Å². The molecule has 1 aliphatic rings. The normalized spacial score (nSPS) is 17.0. The van der Waals surface area contributed by atoms with Gasteiger partial charge in [-0.3, -0.25) is 9.78 Å². The summed E-state index contributed by atoms with van der Waals surface area (Å²) in [4.78, 5) is 21.6. The molecular weight excluding hydrogens is 380 g/mol. The summed E-state index contributed by atoms with van der Waals surface area (Å²) in [6.45, 7) is 0.399. The van der Waals surface area contributed by atoms with E-state index in [4.69, 9.17) is 17.3 Å². The Morgan fingerprint density at radius 2 is 2.11 bits per heavy atom. The smallest absolute Gasteiger partial charge is 0.264 e. The van der Waals surface area contributed by atoms with E-state index in [-0.39, 0.29) is 5.91 Å². The van der Waals surface area contributed by atoms with Crippen LogP contribution in [0, 0.1) is 0 Å². The molecule has 3 N–H and O–H groups in total. The first-order valence-electron chi connectivity index (χ1n) is 8.25. The van der Waals surface area contributed by atoms with Gasteiger partial charge in [-0.25, -0.2) is 4.99 Å². The van der Waals surface area contributed by atoms with Gasteiger partial charge in [0.2, 0.25) is 0 Å². The topological polar surface area (TPSA) is 80.4 Å². The van der Waals surface area contributed by atoms with Crippen LogP contribution >= 0.6 is 23.4 Å². The maximum Gasteiger partial charge on any atom is 0.264 e. The van der Waals surface area contributed by atoms with Gasteiger partial charge < -0.3 is 11.1 Å². The summed E-state index contributed by atoms with van der Waals surface area (Å²) >= 11 is 7.48. The van der Waals surface area contributed by atoms with Crippen LogP contribution in [0.1, 0.15) is 11.1 Å². The Balaban J connectivity index is 1.62. The summed E-state index contributed by atoms with van der Waals surface area (Å²) in [6.07, 6.45) is 3.60. The van der Waals surface area contributed by atoms with Gasteiger partial charge in [-0.1, -0.05) is 29.8 Å². The lowest BCUT2D eigenvalue weighted by atomic mass is 10.1. The van der Waals surface area contributed by atoms with Crippen molar-refractivity contribution in [1.29, 1.82) is 0 Å². The number of hydrogen-bond donors (Lipinski definition) is 2. The van der Waals surface area contributed by atoms with Gasteiger partial charge in [-0.05, 0) is 59.3 Å². The second kappa shape index (κ2) is 7.52. The number of halogens is 1. The van der Waals surface area contributed by atoms with Gasteiger partial charge in [0.25, 0.3) is 5.91 Å². The number of nitrogens with one attached hydrogen (secondary N) is 1. The lowest BCUT2D eigenvalue weighted by Gasteiger charge is -2.02. The number of carbonyl (C=O) groups is 1. The van der Waals surface area contributed by atoms with Crippen LogP contribution in [0.4, 0.5) is 5.69 Å². The van der Waals surface area contributed by atoms with Crippen molar-refractivity contribution in [2.75, 3.05) is 0 Å². The number of thioether (sulfide) groups is 1. The predicted molar refractivity (Wildman–Crippen MR) is 112 cm³/mol. The van der Waals surface area contributed by atoms with Crippen LogP contribution in [0.25, 0.3) is 17.0 Å². The van der Waals surface area contributed by atoms with Crippen molar-refractivity contribution in [1.82, 2.24) is 10.3 Å². The van der Waals surface area contributed by atoms with Gasteiger partial charge in [-0.15, -0.1) is 0 Å². The second-order valence-corrected chi connectivity index (χ2v) is 7.37. The first-order valence-corrected chi connectivity index (χ1v) is 9.45. The van der Waals surface area contributed by atoms with Crippen LogP contribution in [0.2, 0.25) is 5.02 Å². The maximum absolute atomic E-state index is 12.3. The number of carbonyl (C=O) groups excluding carboxylic acids is 1. The van der Waals surface area contributed by atoms with E-state index in [1.165, 1.54) is 11.8 Å². The van der Waals surface area contributed by atoms with Gasteiger partial charge >= 0.3 is 0 Å². The van der Waals surface area contributed by atoms with Gasteiger partial charge in [-0.2, -0.15) is 0 Å². The molecule has 1 amide bonds. The Labute approximate surface area is 165 Å². The van der Waals surface area contributed by atoms with Crippen molar-refractivity contribution in [2.24, 2.45) is 10.7 Å². The number of nitrogens with two attached hydrogens (primary N) is 1. The van der Waals surface area contributed by atoms with E-state index >= 15 is 0 Å². The molecule has 1 aromatic heterocycles. The SMILES string of the molecule is NCc1ccc(Cl)c(N=C2NC(=O)/C(=C\c3ccc4ncccc4c3)S2)c1. The summed E-state index contributed by atoms with van der Waals surface area (Å²) in [6, 6.07) is 15.2. The molecule has 7 heteroatoms. The number of pyridine rings is 1. The lowest BCUT2D eigenvalue weighted by molar-refractivity contribution is -0.115. The van der Waals surface area contributed by atoms with Crippen molar-refractivity contribution in [3.8, 4) is 0 Å². The summed E-state index contributed by atoms with van der Waals surface area (Å²) in [5.74, 6) is -0.184. The molecule has 1 aliphatic heterocycles. The molecule has 27 heavy (non-hydrogen) atoms. The molecule has 0 unspecified atom stereocenters. The monoisotopic (exact) mass is 394 g/mol. The Morgan fingerprint density at radius 3 is 2.96 bits per heavy atom. The highest BCUT2D eigenvalue weighted by atomic mass is 35.5. The zero-order chi connectivity index (χ0) is 18.8. The molecule has 134 valence electrons. The molecule has 3 aromatic rings. The molecular formula is C20H15ClN4OS. The molecule has 0 saturated carbocycles. The van der Waals surface area contributed by atoms with Crippen LogP contribution < -0.4 is 11.1 Å². The number of amidine groups is 1. The summed E-state index contributed by atoms with van der Waals surface area (Å²) in [5, 5.41) is 4.80. The quantitative estimate of drug-likeness (QED) is 0.651. The average molecular weight is 395 g/mol. The van der Waals surface area contributed by atoms with Crippen molar-refractivity contribution >= 4 is 57.1 Å². The Morgan fingerprint density at radius 1 is 1.22 bits per heavy atom. The molecule has 0 atom stereocenters. The minimum absolute atomic E-state index is 0.184. The third-order valence-corrected chi connectivity index (χ3v) is 5.27. The molecule has 2 aromatic carbocycles. The van der Waals surface area contributed by atoms with E-state index in [2.05, 4.69) is 15.3 Å². The van der Waals surface area contributed by atoms with Gasteiger partial charge in [0.05, 0.1) is 21.1 Å². The highest BCUT2D eigenvalue weighted by Crippen LogP contribution is 2.31. The first-order chi connectivity index (χ1) is 13.1. The number of fused-ring (bicyclic) bond motifs is 1. The zero-order valence-corrected chi connectivity index (χ0v) is 15.7. The lowest BCUT2D eigenvalue weighted by Crippen LogP contribution is -2.19. The fourth-order valence-corrected chi connectivity index (χ4v) is 3.69. The van der Waals surface area contributed by atoms with Crippen LogP contribution in [0.15, 0.2) is 64.6 Å². The number of nitrogens with zero attached hydrogens (tertiary/aromatic N) is 2. The Kier molecular flexibility index (Phi) is 4.94. The minimum Gasteiger partial charge on any atom is -0.326 e. The maximum atomic E-state index is 12.3. The largest absolute Gasteiger partial charge is 0.326 e. The van der Waals surface area contributed by atoms with Crippen LogP contribution in [0.5, 0.6) is 0 Å². The van der Waals surface area contributed by atoms with Crippen molar-refractivity contribution in [2.45, 2.75) is 6.54 Å². The van der Waals surface area contributed by atoms with Crippen molar-refractivity contribution in [3.63, 3.8) is 0 Å². The summed E-state index contributed by atoms with van der Waals surface area (Å²) in [7, 11) is 0. The fraction of sp³-hybridized carbons (Fsp3) is 0.0500. The molecule has 1 saturated heterocycles. The molecule has 2 heterocycles. The number of amides is 1. The van der Waals surface area contributed by atoms with Gasteiger partial charge in [0, 0.05) is 18.1 Å². The number of hydrogen-bond acceptors (Lipinski definition) is 5. The molecule has 0 radical (unpaired) electrons. The Bertz CT molecular complexity index is 1110. The van der Waals surface area contributed by atoms with Gasteiger partial charge in [0.1, 0.15) is 0 Å². The highest BCUT2D eigenvalue weighted by Gasteiger charge is 2.24. The third kappa shape index (κ3) is 3.88. The van der Waals surface area contributed by atoms with E-state index in [1.54, 1.807) is 12.3 Å². The fourth-order valence-electron chi connectivity index (χ4n) is 2.70. The third-order valence-electron chi connectivity index (χ3n) is 4.04. The molecule has 4 rings (SSSR count). The van der Waals surface area contributed by atoms with Crippen LogP contribution in [-0.2, 0) is 11.3 Å². The highest BCUT2D eigenvalue weighted by molar-refractivity contribution is 8.18. The van der Waals surface area contributed by atoms with Crippen molar-refractivity contribution < 1.29 is 4.79 Å². The predicted octanol–water partition coefficient (Wildman–Crippen LogP) is 4.24. The second-order valence-electron chi connectivity index (χ2n) is 5.93. The van der Waals surface area contributed by atoms with E-state index in [9.17, 15) is 4.79 Å². The number of rotatable bonds is 3. The average Bonchev–Trinajstić information content (AvgIpc) is 3.02. The minimum atomic E-state index is -0.184. The zero-order valence-electron chi connectivity index (χ0n) is 14.1. The van der Waals surface area contributed by atoms with Crippen molar-refractivity contribution in [3.05, 3.63) is 75.8 Å². The standard InChI is InChI=1S/C20H15ClN4OS/c21-15-5-3-13(11-22)9-17(15)24-20-25-19(26)18(27-20)10-12-4-6-16-14(8-12)2-1-7-23-16/h1-10H,11,22H2,(H,24,25,26)/b18-10+. The number of aliphatic imine (C=N–C) groups is 1. The molecule has 0 bridgehead atoms. The van der Waals surface area contributed by atoms with E-state index in [0.29, 0.717) is 27.3 Å². The Hall–Kier alpha value is -2.67. The molecule has 5 nitrogen and oxygen atoms in total. The first kappa shape index (κ1) is 17.7.